The molecule has 0 aliphatic rings. The summed E-state index contributed by atoms with van der Waals surface area (Å²) in [5.74, 6) is 3.05. The van der Waals surface area contributed by atoms with Gasteiger partial charge < -0.3 is 14.2 Å². The molecule has 0 unspecified atom stereocenters. The van der Waals surface area contributed by atoms with E-state index in [2.05, 4.69) is 54.5 Å². The van der Waals surface area contributed by atoms with E-state index in [4.69, 9.17) is 14.2 Å². The van der Waals surface area contributed by atoms with Gasteiger partial charge in [-0.1, -0.05) is 78.8 Å². The van der Waals surface area contributed by atoms with Gasteiger partial charge in [0.2, 0.25) is 5.75 Å². The zero-order chi connectivity index (χ0) is 24.4. The van der Waals surface area contributed by atoms with Gasteiger partial charge in [0.25, 0.3) is 0 Å². The number of allylic oxidation sites excluding steroid dienone is 1. The molecule has 4 heteroatoms. The second-order valence-corrected chi connectivity index (χ2v) is 9.64. The average molecular weight is 453 g/mol. The fraction of sp³-hybridized carbons (Fsp3) is 0.483. The van der Waals surface area contributed by atoms with Crippen molar-refractivity contribution in [3.63, 3.8) is 0 Å². The number of rotatable bonds is 13. The lowest BCUT2D eigenvalue weighted by molar-refractivity contribution is 0.104. The van der Waals surface area contributed by atoms with Crippen LogP contribution >= 0.6 is 0 Å². The molecule has 2 aromatic rings. The first-order valence-corrected chi connectivity index (χ1v) is 12.1. The molecule has 0 amide bonds. The number of carbonyl (C=O) groups excluding carboxylic acids is 1. The summed E-state index contributed by atoms with van der Waals surface area (Å²) in [6, 6.07) is 11.3. The van der Waals surface area contributed by atoms with E-state index >= 15 is 0 Å². The first-order chi connectivity index (χ1) is 15.7. The van der Waals surface area contributed by atoms with Crippen molar-refractivity contribution in [3.05, 3.63) is 59.2 Å². The van der Waals surface area contributed by atoms with Gasteiger partial charge in [-0.3, -0.25) is 4.79 Å². The first-order valence-electron chi connectivity index (χ1n) is 12.1. The van der Waals surface area contributed by atoms with Crippen molar-refractivity contribution in [1.29, 1.82) is 0 Å². The fourth-order valence-corrected chi connectivity index (χ4v) is 3.14. The number of aryl methyl sites for hydroxylation is 1. The second kappa shape index (κ2) is 13.1. The molecular formula is C29H40O4. The number of hydrogen-bond donors (Lipinski definition) is 0. The van der Waals surface area contributed by atoms with Crippen molar-refractivity contribution < 1.29 is 19.0 Å². The zero-order valence-corrected chi connectivity index (χ0v) is 21.3. The fourth-order valence-electron chi connectivity index (χ4n) is 3.14. The number of ketones is 1. The number of carbonyl (C=O) groups is 1. The minimum Gasteiger partial charge on any atom is -0.489 e. The Morgan fingerprint density at radius 3 is 1.82 bits per heavy atom. The van der Waals surface area contributed by atoms with Crippen LogP contribution in [0.15, 0.2) is 42.5 Å². The van der Waals surface area contributed by atoms with E-state index in [1.54, 1.807) is 6.08 Å². The van der Waals surface area contributed by atoms with Gasteiger partial charge in [-0.2, -0.15) is 0 Å². The van der Waals surface area contributed by atoms with Crippen molar-refractivity contribution in [2.75, 3.05) is 19.8 Å². The molecule has 0 saturated carbocycles. The van der Waals surface area contributed by atoms with Crippen LogP contribution in [0, 0.1) is 17.8 Å². The predicted octanol–water partition coefficient (Wildman–Crippen LogP) is 7.25. The average Bonchev–Trinajstić information content (AvgIpc) is 2.78. The smallest absolute Gasteiger partial charge is 0.204 e. The summed E-state index contributed by atoms with van der Waals surface area (Å²) in [6.45, 7) is 16.5. The molecule has 0 aromatic heterocycles. The molecule has 33 heavy (non-hydrogen) atoms. The Bertz CT molecular complexity index is 911. The number of benzene rings is 2. The summed E-state index contributed by atoms with van der Waals surface area (Å²) in [5.41, 5.74) is 2.52. The maximum Gasteiger partial charge on any atom is 0.204 e. The van der Waals surface area contributed by atoms with E-state index in [-0.39, 0.29) is 5.78 Å². The van der Waals surface area contributed by atoms with Crippen LogP contribution in [0.5, 0.6) is 17.2 Å². The molecule has 2 aromatic carbocycles. The van der Waals surface area contributed by atoms with Crippen molar-refractivity contribution in [1.82, 2.24) is 0 Å². The van der Waals surface area contributed by atoms with Gasteiger partial charge >= 0.3 is 0 Å². The summed E-state index contributed by atoms with van der Waals surface area (Å²) in [7, 11) is 0. The SMILES string of the molecule is CCc1cc(C=CC(=O)c2ccccc2)c(OCC(C)C)c(OCC(C)C)c1OCC(C)C. The third kappa shape index (κ3) is 8.27. The molecule has 0 aliphatic carbocycles. The van der Waals surface area contributed by atoms with Gasteiger partial charge in [0.15, 0.2) is 17.3 Å². The molecule has 180 valence electrons. The third-order valence-electron chi connectivity index (χ3n) is 4.83. The summed E-state index contributed by atoms with van der Waals surface area (Å²) in [6.07, 6.45) is 4.22. The lowest BCUT2D eigenvalue weighted by Crippen LogP contribution is -2.13. The number of ether oxygens (including phenoxy) is 3. The van der Waals surface area contributed by atoms with Crippen molar-refractivity contribution in [2.45, 2.75) is 54.9 Å². The van der Waals surface area contributed by atoms with Gasteiger partial charge in [0.1, 0.15) is 0 Å². The quantitative estimate of drug-likeness (QED) is 0.237. The van der Waals surface area contributed by atoms with E-state index in [0.29, 0.717) is 54.6 Å². The van der Waals surface area contributed by atoms with Gasteiger partial charge in [-0.25, -0.2) is 0 Å². The van der Waals surface area contributed by atoms with Crippen molar-refractivity contribution in [2.24, 2.45) is 17.8 Å². The Morgan fingerprint density at radius 1 is 0.788 bits per heavy atom. The van der Waals surface area contributed by atoms with E-state index in [9.17, 15) is 4.79 Å². The largest absolute Gasteiger partial charge is 0.489 e. The van der Waals surface area contributed by atoms with Crippen LogP contribution in [0.4, 0.5) is 0 Å². The molecule has 0 saturated heterocycles. The van der Waals surface area contributed by atoms with Crippen LogP contribution in [0.1, 0.15) is 70.0 Å². The predicted molar refractivity (Wildman–Crippen MR) is 137 cm³/mol. The highest BCUT2D eigenvalue weighted by Gasteiger charge is 2.22. The number of hydrogen-bond acceptors (Lipinski definition) is 4. The van der Waals surface area contributed by atoms with Crippen LogP contribution in [0.3, 0.4) is 0 Å². The molecular weight excluding hydrogens is 412 g/mol. The van der Waals surface area contributed by atoms with Gasteiger partial charge in [-0.05, 0) is 48.0 Å². The molecule has 0 spiro atoms. The van der Waals surface area contributed by atoms with Crippen LogP contribution in [-0.2, 0) is 6.42 Å². The molecule has 0 atom stereocenters. The molecule has 4 nitrogen and oxygen atoms in total. The van der Waals surface area contributed by atoms with Crippen LogP contribution in [0.2, 0.25) is 0 Å². The Kier molecular flexibility index (Phi) is 10.5. The molecule has 2 rings (SSSR count). The van der Waals surface area contributed by atoms with Crippen molar-refractivity contribution in [3.8, 4) is 17.2 Å². The third-order valence-corrected chi connectivity index (χ3v) is 4.83. The summed E-state index contributed by atoms with van der Waals surface area (Å²) in [5, 5.41) is 0. The normalized spacial score (nSPS) is 11.6. The van der Waals surface area contributed by atoms with Crippen LogP contribution in [-0.4, -0.2) is 25.6 Å². The molecule has 0 heterocycles. The lowest BCUT2D eigenvalue weighted by atomic mass is 10.0. The minimum atomic E-state index is -0.0479. The Morgan fingerprint density at radius 2 is 1.30 bits per heavy atom. The first kappa shape index (κ1) is 26.5. The van der Waals surface area contributed by atoms with Gasteiger partial charge in [0, 0.05) is 11.1 Å². The molecule has 0 N–H and O–H groups in total. The zero-order valence-electron chi connectivity index (χ0n) is 21.3. The monoisotopic (exact) mass is 452 g/mol. The summed E-state index contributed by atoms with van der Waals surface area (Å²) >= 11 is 0. The van der Waals surface area contributed by atoms with E-state index in [1.165, 1.54) is 0 Å². The molecule has 0 bridgehead atoms. The van der Waals surface area contributed by atoms with E-state index < -0.39 is 0 Å². The maximum atomic E-state index is 12.7. The highest BCUT2D eigenvalue weighted by atomic mass is 16.5. The Hall–Kier alpha value is -2.75. The Labute approximate surface area is 200 Å². The topological polar surface area (TPSA) is 44.8 Å². The van der Waals surface area contributed by atoms with E-state index in [1.807, 2.05) is 36.4 Å². The van der Waals surface area contributed by atoms with Gasteiger partial charge in [-0.15, -0.1) is 0 Å². The van der Waals surface area contributed by atoms with Gasteiger partial charge in [0.05, 0.1) is 19.8 Å². The van der Waals surface area contributed by atoms with Crippen LogP contribution in [0.25, 0.3) is 6.08 Å². The maximum absolute atomic E-state index is 12.7. The Balaban J connectivity index is 2.58. The molecule has 0 radical (unpaired) electrons. The van der Waals surface area contributed by atoms with Crippen LogP contribution < -0.4 is 14.2 Å². The van der Waals surface area contributed by atoms with Crippen molar-refractivity contribution >= 4 is 11.9 Å². The summed E-state index contributed by atoms with van der Waals surface area (Å²) in [4.78, 5) is 12.7. The second-order valence-electron chi connectivity index (χ2n) is 9.64. The summed E-state index contributed by atoms with van der Waals surface area (Å²) < 4.78 is 18.8. The highest BCUT2D eigenvalue weighted by molar-refractivity contribution is 6.07. The minimum absolute atomic E-state index is 0.0479. The van der Waals surface area contributed by atoms with E-state index in [0.717, 1.165) is 23.3 Å². The standard InChI is InChI=1S/C29H40O4/c1-8-23-16-25(14-15-26(30)24-12-10-9-11-13-24)28(32-18-21(4)5)29(33-19-22(6)7)27(23)31-17-20(2)3/h9-16,20-22H,8,17-19H2,1-7H3. The highest BCUT2D eigenvalue weighted by Crippen LogP contribution is 2.45. The lowest BCUT2D eigenvalue weighted by Gasteiger charge is -2.23. The molecule has 0 fully saturated rings. The molecule has 0 aliphatic heterocycles.